The van der Waals surface area contributed by atoms with Crippen LogP contribution in [0, 0.1) is 6.92 Å². The summed E-state index contributed by atoms with van der Waals surface area (Å²) in [6, 6.07) is 8.01. The van der Waals surface area contributed by atoms with Crippen molar-refractivity contribution in [3.8, 4) is 5.75 Å². The van der Waals surface area contributed by atoms with Gasteiger partial charge in [0.25, 0.3) is 5.56 Å². The molecule has 3 rings (SSSR count). The first-order valence-corrected chi connectivity index (χ1v) is 9.47. The van der Waals surface area contributed by atoms with Crippen LogP contribution in [0.3, 0.4) is 0 Å². The summed E-state index contributed by atoms with van der Waals surface area (Å²) in [5, 5.41) is 3.78. The first-order valence-electron chi connectivity index (χ1n) is 9.47. The topological polar surface area (TPSA) is 79.9 Å². The lowest BCUT2D eigenvalue weighted by molar-refractivity contribution is 0.302. The van der Waals surface area contributed by atoms with Crippen LogP contribution in [-0.4, -0.2) is 21.6 Å². The summed E-state index contributed by atoms with van der Waals surface area (Å²) in [7, 11) is 0. The lowest BCUT2D eigenvalue weighted by Crippen LogP contribution is -2.09. The number of aromatic amines is 1. The van der Waals surface area contributed by atoms with Gasteiger partial charge < -0.3 is 15.0 Å². The number of H-pyrrole nitrogens is 1. The molecule has 0 aliphatic heterocycles. The minimum absolute atomic E-state index is 0.184. The first-order chi connectivity index (χ1) is 13.2. The molecule has 0 atom stereocenters. The van der Waals surface area contributed by atoms with E-state index in [9.17, 15) is 4.79 Å². The smallest absolute Gasteiger partial charge is 0.260 e. The number of unbranched alkanes of at least 4 members (excludes halogenated alkanes) is 3. The van der Waals surface area contributed by atoms with Crippen LogP contribution in [0.15, 0.2) is 41.6 Å². The number of hydrogen-bond donors (Lipinski definition) is 2. The Morgan fingerprint density at radius 3 is 2.89 bits per heavy atom. The lowest BCUT2D eigenvalue weighted by Gasteiger charge is -2.13. The van der Waals surface area contributed by atoms with Gasteiger partial charge in [-0.3, -0.25) is 4.79 Å². The van der Waals surface area contributed by atoms with Gasteiger partial charge in [0.15, 0.2) is 0 Å². The number of pyridine rings is 1. The second kappa shape index (κ2) is 9.16. The molecule has 2 N–H and O–H groups in total. The number of nitrogens with one attached hydrogen (secondary N) is 2. The number of anilines is 1. The Kier molecular flexibility index (Phi) is 6.41. The largest absolute Gasteiger partial charge is 0.493 e. The van der Waals surface area contributed by atoms with Crippen LogP contribution in [0.5, 0.6) is 5.75 Å². The second-order valence-electron chi connectivity index (χ2n) is 6.69. The summed E-state index contributed by atoms with van der Waals surface area (Å²) in [5.74, 6) is 1.59. The molecule has 0 bridgehead atoms. The van der Waals surface area contributed by atoms with Gasteiger partial charge >= 0.3 is 0 Å². The summed E-state index contributed by atoms with van der Waals surface area (Å²) in [5.41, 5.74) is 2.69. The molecule has 0 saturated carbocycles. The average Bonchev–Trinajstić information content (AvgIpc) is 2.67. The standard InChI is InChI=1S/C21H26N4O2/c1-3-4-5-6-9-27-19-10-15(2)7-8-16(19)12-22-20-11-18-17(13-23-20)21(26)25-14-24-18/h7-8,10-11,13-14H,3-6,9,12H2,1-2H3,(H,22,23)(H,24,25,26). The van der Waals surface area contributed by atoms with Crippen molar-refractivity contribution in [1.82, 2.24) is 15.0 Å². The molecule has 6 nitrogen and oxygen atoms in total. The molecule has 0 spiro atoms. The summed E-state index contributed by atoms with van der Waals surface area (Å²) >= 11 is 0. The average molecular weight is 366 g/mol. The Morgan fingerprint density at radius 2 is 2.04 bits per heavy atom. The molecule has 0 saturated heterocycles. The fourth-order valence-electron chi connectivity index (χ4n) is 2.90. The van der Waals surface area contributed by atoms with E-state index in [0.717, 1.165) is 24.3 Å². The third-order valence-corrected chi connectivity index (χ3v) is 4.46. The minimum atomic E-state index is -0.184. The number of benzene rings is 1. The van der Waals surface area contributed by atoms with Crippen molar-refractivity contribution in [3.05, 3.63) is 58.3 Å². The zero-order chi connectivity index (χ0) is 19.1. The predicted molar refractivity (Wildman–Crippen MR) is 108 cm³/mol. The highest BCUT2D eigenvalue weighted by atomic mass is 16.5. The van der Waals surface area contributed by atoms with Gasteiger partial charge in [-0.1, -0.05) is 38.3 Å². The van der Waals surface area contributed by atoms with Crippen molar-refractivity contribution >= 4 is 16.7 Å². The van der Waals surface area contributed by atoms with E-state index in [2.05, 4.69) is 52.3 Å². The molecule has 2 heterocycles. The molecule has 0 radical (unpaired) electrons. The Labute approximate surface area is 159 Å². The van der Waals surface area contributed by atoms with E-state index in [-0.39, 0.29) is 5.56 Å². The van der Waals surface area contributed by atoms with E-state index in [0.29, 0.717) is 23.3 Å². The van der Waals surface area contributed by atoms with Crippen molar-refractivity contribution in [3.63, 3.8) is 0 Å². The van der Waals surface area contributed by atoms with Crippen molar-refractivity contribution in [2.75, 3.05) is 11.9 Å². The first kappa shape index (κ1) is 18.9. The normalized spacial score (nSPS) is 10.9. The SMILES string of the molecule is CCCCCCOc1cc(C)ccc1CNc1cc2nc[nH]c(=O)c2cn1. The maximum atomic E-state index is 11.7. The van der Waals surface area contributed by atoms with E-state index in [1.807, 2.05) is 0 Å². The molecule has 0 aliphatic rings. The zero-order valence-electron chi connectivity index (χ0n) is 15.9. The third-order valence-electron chi connectivity index (χ3n) is 4.46. The Bertz CT molecular complexity index is 952. The van der Waals surface area contributed by atoms with Gasteiger partial charge in [0.2, 0.25) is 0 Å². The highest BCUT2D eigenvalue weighted by Crippen LogP contribution is 2.22. The van der Waals surface area contributed by atoms with E-state index in [1.54, 1.807) is 12.3 Å². The molecule has 0 amide bonds. The Balaban J connectivity index is 1.67. The van der Waals surface area contributed by atoms with E-state index in [1.165, 1.54) is 31.2 Å². The molecule has 0 aliphatic carbocycles. The van der Waals surface area contributed by atoms with Crippen LogP contribution in [-0.2, 0) is 6.54 Å². The molecule has 0 unspecified atom stereocenters. The quantitative estimate of drug-likeness (QED) is 0.555. The molecule has 1 aromatic carbocycles. The fourth-order valence-corrected chi connectivity index (χ4v) is 2.90. The zero-order valence-corrected chi connectivity index (χ0v) is 15.9. The van der Waals surface area contributed by atoms with Gasteiger partial charge in [0.05, 0.1) is 23.8 Å². The Hall–Kier alpha value is -2.89. The van der Waals surface area contributed by atoms with Gasteiger partial charge in [0.1, 0.15) is 11.6 Å². The number of ether oxygens (including phenoxy) is 1. The van der Waals surface area contributed by atoms with Crippen LogP contribution in [0.4, 0.5) is 5.82 Å². The lowest BCUT2D eigenvalue weighted by atomic mass is 10.1. The number of aryl methyl sites for hydroxylation is 1. The van der Waals surface area contributed by atoms with E-state index in [4.69, 9.17) is 4.74 Å². The van der Waals surface area contributed by atoms with Crippen LogP contribution in [0.1, 0.15) is 43.7 Å². The van der Waals surface area contributed by atoms with Crippen molar-refractivity contribution in [2.24, 2.45) is 0 Å². The van der Waals surface area contributed by atoms with Crippen molar-refractivity contribution in [1.29, 1.82) is 0 Å². The second-order valence-corrected chi connectivity index (χ2v) is 6.69. The van der Waals surface area contributed by atoms with Gasteiger partial charge in [-0.15, -0.1) is 0 Å². The maximum absolute atomic E-state index is 11.7. The highest BCUT2D eigenvalue weighted by Gasteiger charge is 2.07. The molecule has 0 fully saturated rings. The van der Waals surface area contributed by atoms with Gasteiger partial charge in [-0.25, -0.2) is 9.97 Å². The molecule has 27 heavy (non-hydrogen) atoms. The predicted octanol–water partition coefficient (Wildman–Crippen LogP) is 4.20. The van der Waals surface area contributed by atoms with Gasteiger partial charge in [-0.2, -0.15) is 0 Å². The summed E-state index contributed by atoms with van der Waals surface area (Å²) < 4.78 is 6.02. The molecular formula is C21H26N4O2. The van der Waals surface area contributed by atoms with Crippen LogP contribution in [0.25, 0.3) is 10.9 Å². The van der Waals surface area contributed by atoms with E-state index < -0.39 is 0 Å². The highest BCUT2D eigenvalue weighted by molar-refractivity contribution is 5.78. The van der Waals surface area contributed by atoms with Crippen molar-refractivity contribution in [2.45, 2.75) is 46.1 Å². The van der Waals surface area contributed by atoms with Crippen LogP contribution >= 0.6 is 0 Å². The van der Waals surface area contributed by atoms with Gasteiger partial charge in [0, 0.05) is 24.4 Å². The minimum Gasteiger partial charge on any atom is -0.493 e. The summed E-state index contributed by atoms with van der Waals surface area (Å²) in [4.78, 5) is 22.8. The maximum Gasteiger partial charge on any atom is 0.260 e. The summed E-state index contributed by atoms with van der Waals surface area (Å²) in [6.07, 6.45) is 7.68. The third kappa shape index (κ3) is 5.06. The Morgan fingerprint density at radius 1 is 1.15 bits per heavy atom. The molecule has 2 aromatic heterocycles. The molecule has 6 heteroatoms. The monoisotopic (exact) mass is 366 g/mol. The number of rotatable bonds is 9. The fraction of sp³-hybridized carbons (Fsp3) is 0.381. The summed E-state index contributed by atoms with van der Waals surface area (Å²) in [6.45, 7) is 5.59. The molecule has 3 aromatic rings. The van der Waals surface area contributed by atoms with Crippen LogP contribution < -0.4 is 15.6 Å². The van der Waals surface area contributed by atoms with Gasteiger partial charge in [-0.05, 0) is 25.0 Å². The number of aromatic nitrogens is 3. The number of hydrogen-bond acceptors (Lipinski definition) is 5. The van der Waals surface area contributed by atoms with Crippen molar-refractivity contribution < 1.29 is 4.74 Å². The van der Waals surface area contributed by atoms with E-state index >= 15 is 0 Å². The molecular weight excluding hydrogens is 340 g/mol. The number of fused-ring (bicyclic) bond motifs is 1. The molecule has 142 valence electrons. The number of nitrogens with zero attached hydrogens (tertiary/aromatic N) is 2. The van der Waals surface area contributed by atoms with Crippen LogP contribution in [0.2, 0.25) is 0 Å².